The predicted octanol–water partition coefficient (Wildman–Crippen LogP) is 3.83. The first-order valence-electron chi connectivity index (χ1n) is 11.3. The zero-order valence-corrected chi connectivity index (χ0v) is 19.2. The van der Waals surface area contributed by atoms with Crippen LogP contribution in [0.5, 0.6) is 0 Å². The molecule has 2 aromatic carbocycles. The van der Waals surface area contributed by atoms with Crippen molar-refractivity contribution in [1.82, 2.24) is 19.4 Å². The zero-order chi connectivity index (χ0) is 24.4. The lowest BCUT2D eigenvalue weighted by atomic mass is 9.94. The minimum Gasteiger partial charge on any atom is -0.395 e. The van der Waals surface area contributed by atoms with E-state index in [1.54, 1.807) is 19.4 Å². The van der Waals surface area contributed by atoms with E-state index in [1.807, 2.05) is 82.2 Å². The Morgan fingerprint density at radius 3 is 2.34 bits per heavy atom. The highest BCUT2D eigenvalue weighted by molar-refractivity contribution is 6.38. The van der Waals surface area contributed by atoms with E-state index in [2.05, 4.69) is 10.3 Å². The number of aliphatic hydroxyl groups excluding tert-OH is 1. The standard InChI is InChI=1S/C28H24N4O3/c1-29-28(35)27(24(18-34)22-16-31(13-14-33)25-10-4-2-8-20(22)25)23-17-32(19-7-6-12-30-15-19)26-11-5-3-9-21(23)26/h2-12,15-18,33H,13-14H2,1H3,(H,29,35)/b27-24+. The van der Waals surface area contributed by atoms with Crippen LogP contribution in [0.3, 0.4) is 0 Å². The van der Waals surface area contributed by atoms with Crippen LogP contribution in [0.2, 0.25) is 0 Å². The summed E-state index contributed by atoms with van der Waals surface area (Å²) >= 11 is 0. The normalized spacial score (nSPS) is 12.1. The molecule has 3 aromatic heterocycles. The second-order valence-corrected chi connectivity index (χ2v) is 8.10. The topological polar surface area (TPSA) is 89.1 Å². The number of aromatic nitrogens is 3. The van der Waals surface area contributed by atoms with Crippen molar-refractivity contribution in [2.24, 2.45) is 0 Å². The summed E-state index contributed by atoms with van der Waals surface area (Å²) in [6.45, 7) is 0.335. The number of para-hydroxylation sites is 2. The second-order valence-electron chi connectivity index (χ2n) is 8.10. The molecular weight excluding hydrogens is 440 g/mol. The van der Waals surface area contributed by atoms with E-state index in [9.17, 15) is 14.7 Å². The van der Waals surface area contributed by atoms with E-state index >= 15 is 0 Å². The average Bonchev–Trinajstić information content (AvgIpc) is 3.47. The Morgan fingerprint density at radius 1 is 0.971 bits per heavy atom. The van der Waals surface area contributed by atoms with Gasteiger partial charge in [0.15, 0.2) is 6.29 Å². The van der Waals surface area contributed by atoms with E-state index < -0.39 is 0 Å². The van der Waals surface area contributed by atoms with Gasteiger partial charge in [-0.1, -0.05) is 36.4 Å². The fraction of sp³-hybridized carbons (Fsp3) is 0.107. The molecule has 174 valence electrons. The lowest BCUT2D eigenvalue weighted by molar-refractivity contribution is -0.115. The van der Waals surface area contributed by atoms with Gasteiger partial charge in [-0.25, -0.2) is 0 Å². The number of pyridine rings is 1. The molecule has 0 unspecified atom stereocenters. The van der Waals surface area contributed by atoms with Crippen molar-refractivity contribution >= 4 is 45.1 Å². The maximum atomic E-state index is 13.3. The Balaban J connectivity index is 1.85. The van der Waals surface area contributed by atoms with Gasteiger partial charge in [-0.05, 0) is 24.3 Å². The third-order valence-corrected chi connectivity index (χ3v) is 6.17. The number of carbonyl (C=O) groups excluding carboxylic acids is 2. The van der Waals surface area contributed by atoms with Gasteiger partial charge in [-0.15, -0.1) is 0 Å². The molecule has 0 bridgehead atoms. The Kier molecular flexibility index (Phi) is 5.99. The fourth-order valence-corrected chi connectivity index (χ4v) is 4.61. The molecule has 3 heterocycles. The summed E-state index contributed by atoms with van der Waals surface area (Å²) in [6, 6.07) is 19.2. The molecule has 0 aliphatic carbocycles. The number of aliphatic hydroxyl groups is 1. The van der Waals surface area contributed by atoms with Gasteiger partial charge in [0.25, 0.3) is 5.91 Å². The summed E-state index contributed by atoms with van der Waals surface area (Å²) in [5.74, 6) is -0.361. The van der Waals surface area contributed by atoms with Crippen LogP contribution in [0, 0.1) is 0 Å². The first-order chi connectivity index (χ1) is 17.2. The lowest BCUT2D eigenvalue weighted by Crippen LogP contribution is -2.20. The molecule has 5 aromatic rings. The first-order valence-corrected chi connectivity index (χ1v) is 11.3. The number of carbonyl (C=O) groups is 2. The third-order valence-electron chi connectivity index (χ3n) is 6.17. The average molecular weight is 465 g/mol. The highest BCUT2D eigenvalue weighted by Crippen LogP contribution is 2.36. The molecule has 0 aliphatic rings. The number of hydrogen-bond donors (Lipinski definition) is 2. The largest absolute Gasteiger partial charge is 0.395 e. The number of allylic oxidation sites excluding steroid dienone is 1. The van der Waals surface area contributed by atoms with E-state index in [4.69, 9.17) is 0 Å². The molecule has 0 saturated carbocycles. The molecule has 1 amide bonds. The minimum atomic E-state index is -0.361. The van der Waals surface area contributed by atoms with Crippen molar-refractivity contribution in [3.05, 3.63) is 96.6 Å². The summed E-state index contributed by atoms with van der Waals surface area (Å²) in [6.07, 6.45) is 7.91. The molecule has 0 spiro atoms. The van der Waals surface area contributed by atoms with Crippen molar-refractivity contribution in [1.29, 1.82) is 0 Å². The number of aldehydes is 1. The fourth-order valence-electron chi connectivity index (χ4n) is 4.61. The van der Waals surface area contributed by atoms with Gasteiger partial charge in [0.05, 0.1) is 29.6 Å². The molecule has 0 saturated heterocycles. The zero-order valence-electron chi connectivity index (χ0n) is 19.2. The van der Waals surface area contributed by atoms with Crippen molar-refractivity contribution in [2.45, 2.75) is 6.54 Å². The Hall–Kier alpha value is -4.49. The van der Waals surface area contributed by atoms with E-state index in [0.717, 1.165) is 33.8 Å². The molecule has 0 atom stereocenters. The van der Waals surface area contributed by atoms with Crippen LogP contribution in [0.4, 0.5) is 0 Å². The van der Waals surface area contributed by atoms with Crippen LogP contribution in [0.15, 0.2) is 85.5 Å². The van der Waals surface area contributed by atoms with Gasteiger partial charge in [0.1, 0.15) is 0 Å². The van der Waals surface area contributed by atoms with Crippen LogP contribution in [-0.2, 0) is 16.1 Å². The molecule has 0 aliphatic heterocycles. The minimum absolute atomic E-state index is 0.0425. The summed E-state index contributed by atoms with van der Waals surface area (Å²) < 4.78 is 3.87. The highest BCUT2D eigenvalue weighted by Gasteiger charge is 2.24. The first kappa shape index (κ1) is 22.3. The Labute approximate surface area is 201 Å². The Bertz CT molecular complexity index is 1580. The van der Waals surface area contributed by atoms with Gasteiger partial charge in [0.2, 0.25) is 0 Å². The summed E-state index contributed by atoms with van der Waals surface area (Å²) in [4.78, 5) is 30.2. The van der Waals surface area contributed by atoms with E-state index in [-0.39, 0.29) is 23.7 Å². The number of amides is 1. The van der Waals surface area contributed by atoms with Crippen LogP contribution in [0.1, 0.15) is 11.1 Å². The van der Waals surface area contributed by atoms with Crippen molar-refractivity contribution in [2.75, 3.05) is 13.7 Å². The number of hydrogen-bond acceptors (Lipinski definition) is 4. The number of nitrogens with zero attached hydrogens (tertiary/aromatic N) is 3. The molecule has 7 heteroatoms. The number of fused-ring (bicyclic) bond motifs is 2. The van der Waals surface area contributed by atoms with Gasteiger partial charge >= 0.3 is 0 Å². The van der Waals surface area contributed by atoms with Gasteiger partial charge in [0, 0.05) is 65.2 Å². The summed E-state index contributed by atoms with van der Waals surface area (Å²) in [7, 11) is 1.56. The molecule has 0 fully saturated rings. The van der Waals surface area contributed by atoms with Crippen LogP contribution in [-0.4, -0.2) is 45.1 Å². The van der Waals surface area contributed by atoms with Crippen LogP contribution in [0.25, 0.3) is 38.6 Å². The summed E-state index contributed by atoms with van der Waals surface area (Å²) in [5.41, 5.74) is 4.47. The monoisotopic (exact) mass is 464 g/mol. The van der Waals surface area contributed by atoms with Crippen LogP contribution < -0.4 is 5.32 Å². The number of benzene rings is 2. The molecule has 35 heavy (non-hydrogen) atoms. The van der Waals surface area contributed by atoms with E-state index in [1.165, 1.54) is 0 Å². The number of rotatable bonds is 7. The third kappa shape index (κ3) is 3.82. The maximum absolute atomic E-state index is 13.3. The smallest absolute Gasteiger partial charge is 0.252 e. The van der Waals surface area contributed by atoms with Gasteiger partial charge < -0.3 is 19.6 Å². The van der Waals surface area contributed by atoms with Gasteiger partial charge in [-0.3, -0.25) is 14.6 Å². The quantitative estimate of drug-likeness (QED) is 0.283. The van der Waals surface area contributed by atoms with Gasteiger partial charge in [-0.2, -0.15) is 0 Å². The maximum Gasteiger partial charge on any atom is 0.252 e. The molecule has 7 nitrogen and oxygen atoms in total. The Morgan fingerprint density at radius 2 is 1.69 bits per heavy atom. The predicted molar refractivity (Wildman–Crippen MR) is 137 cm³/mol. The van der Waals surface area contributed by atoms with Crippen molar-refractivity contribution in [3.63, 3.8) is 0 Å². The number of nitrogens with one attached hydrogen (secondary N) is 1. The summed E-state index contributed by atoms with van der Waals surface area (Å²) in [5, 5.41) is 13.9. The molecular formula is C28H24N4O3. The van der Waals surface area contributed by atoms with Crippen molar-refractivity contribution in [3.8, 4) is 5.69 Å². The van der Waals surface area contributed by atoms with E-state index in [0.29, 0.717) is 17.7 Å². The van der Waals surface area contributed by atoms with Crippen LogP contribution >= 0.6 is 0 Å². The van der Waals surface area contributed by atoms with Crippen molar-refractivity contribution < 1.29 is 14.7 Å². The SMILES string of the molecule is CNC(=O)/C(=C(\C=O)c1cn(CCO)c2ccccc12)c1cn(-c2cccnc2)c2ccccc12. The molecule has 2 N–H and O–H groups in total. The molecule has 5 rings (SSSR count). The number of likely N-dealkylation sites (N-methyl/N-ethyl adjacent to an activating group) is 1. The highest BCUT2D eigenvalue weighted by atomic mass is 16.3. The molecule has 0 radical (unpaired) electrons. The second kappa shape index (κ2) is 9.40. The lowest BCUT2D eigenvalue weighted by Gasteiger charge is -2.10.